The Labute approximate surface area is 102 Å². The van der Waals surface area contributed by atoms with Gasteiger partial charge in [-0.15, -0.1) is 11.3 Å². The Hall–Kier alpha value is -2.09. The van der Waals surface area contributed by atoms with Crippen LogP contribution in [0.15, 0.2) is 22.8 Å². The lowest BCUT2D eigenvalue weighted by atomic mass is 10.3. The molecule has 0 bridgehead atoms. The molecule has 0 spiro atoms. The standard InChI is InChI=1S/C9H12N4O3S/c1-5(2)11-12-9-10-6(4-17-9)7(8(14)15)13-16-3/h4,11H,1H2,2-3H3,(H,10,12)(H,14,15)/b13-7+. The first-order valence-electron chi connectivity index (χ1n) is 4.52. The van der Waals surface area contributed by atoms with Crippen LogP contribution in [0.1, 0.15) is 12.6 Å². The molecule has 0 saturated heterocycles. The fourth-order valence-corrected chi connectivity index (χ4v) is 1.54. The number of rotatable bonds is 6. The Balaban J connectivity index is 2.82. The Morgan fingerprint density at radius 3 is 2.94 bits per heavy atom. The van der Waals surface area contributed by atoms with Crippen molar-refractivity contribution in [3.05, 3.63) is 23.3 Å². The molecule has 1 aromatic heterocycles. The molecule has 92 valence electrons. The number of aromatic nitrogens is 1. The lowest BCUT2D eigenvalue weighted by Gasteiger charge is -2.04. The van der Waals surface area contributed by atoms with Gasteiger partial charge in [0.15, 0.2) is 0 Å². The van der Waals surface area contributed by atoms with Crippen LogP contribution in [0.2, 0.25) is 0 Å². The van der Waals surface area contributed by atoms with Crippen LogP contribution in [0, 0.1) is 0 Å². The number of hydrogen-bond donors (Lipinski definition) is 3. The van der Waals surface area contributed by atoms with Crippen molar-refractivity contribution >= 4 is 28.1 Å². The molecule has 0 radical (unpaired) electrons. The van der Waals surface area contributed by atoms with Crippen molar-refractivity contribution in [3.8, 4) is 0 Å². The van der Waals surface area contributed by atoms with Gasteiger partial charge in [0.05, 0.1) is 0 Å². The zero-order valence-electron chi connectivity index (χ0n) is 9.35. The molecule has 17 heavy (non-hydrogen) atoms. The zero-order chi connectivity index (χ0) is 12.8. The van der Waals surface area contributed by atoms with Gasteiger partial charge in [-0.2, -0.15) is 0 Å². The number of nitrogens with zero attached hydrogens (tertiary/aromatic N) is 2. The topological polar surface area (TPSA) is 95.8 Å². The molecule has 1 aromatic rings. The van der Waals surface area contributed by atoms with Gasteiger partial charge in [0.1, 0.15) is 12.8 Å². The second kappa shape index (κ2) is 5.85. The monoisotopic (exact) mass is 256 g/mol. The number of carboxylic acid groups (broad SMARTS) is 1. The highest BCUT2D eigenvalue weighted by Crippen LogP contribution is 2.15. The minimum Gasteiger partial charge on any atom is -0.476 e. The smallest absolute Gasteiger partial charge is 0.360 e. The summed E-state index contributed by atoms with van der Waals surface area (Å²) in [7, 11) is 1.27. The Morgan fingerprint density at radius 1 is 1.71 bits per heavy atom. The van der Waals surface area contributed by atoms with Crippen molar-refractivity contribution in [1.29, 1.82) is 0 Å². The number of oxime groups is 1. The van der Waals surface area contributed by atoms with Crippen molar-refractivity contribution in [2.75, 3.05) is 12.5 Å². The average Bonchev–Trinajstić information content (AvgIpc) is 2.71. The summed E-state index contributed by atoms with van der Waals surface area (Å²) < 4.78 is 0. The lowest BCUT2D eigenvalue weighted by molar-refractivity contribution is -0.129. The highest BCUT2D eigenvalue weighted by Gasteiger charge is 2.17. The van der Waals surface area contributed by atoms with Gasteiger partial charge in [-0.1, -0.05) is 11.7 Å². The molecular formula is C9H12N4O3S. The van der Waals surface area contributed by atoms with Gasteiger partial charge in [-0.05, 0) is 6.92 Å². The molecular weight excluding hydrogens is 244 g/mol. The number of hydrogen-bond acceptors (Lipinski definition) is 7. The number of allylic oxidation sites excluding steroid dienone is 1. The molecule has 0 atom stereocenters. The maximum absolute atomic E-state index is 10.9. The third-order valence-corrected chi connectivity index (χ3v) is 2.27. The third kappa shape index (κ3) is 3.76. The summed E-state index contributed by atoms with van der Waals surface area (Å²) in [5.74, 6) is -1.20. The minimum absolute atomic E-state index is 0.232. The number of nitrogens with one attached hydrogen (secondary N) is 2. The van der Waals surface area contributed by atoms with E-state index in [-0.39, 0.29) is 11.4 Å². The lowest BCUT2D eigenvalue weighted by Crippen LogP contribution is -2.19. The largest absolute Gasteiger partial charge is 0.476 e. The highest BCUT2D eigenvalue weighted by atomic mass is 32.1. The first-order valence-corrected chi connectivity index (χ1v) is 5.40. The molecule has 0 aliphatic rings. The quantitative estimate of drug-likeness (QED) is 0.519. The molecule has 0 fully saturated rings. The van der Waals surface area contributed by atoms with Gasteiger partial charge in [0.2, 0.25) is 10.8 Å². The van der Waals surface area contributed by atoms with E-state index >= 15 is 0 Å². The third-order valence-electron chi connectivity index (χ3n) is 1.51. The number of carbonyl (C=O) groups is 1. The molecule has 1 rings (SSSR count). The molecule has 7 nitrogen and oxygen atoms in total. The van der Waals surface area contributed by atoms with Crippen LogP contribution in [0.3, 0.4) is 0 Å². The average molecular weight is 256 g/mol. The van der Waals surface area contributed by atoms with Crippen molar-refractivity contribution in [3.63, 3.8) is 0 Å². The summed E-state index contributed by atoms with van der Waals surface area (Å²) in [6.45, 7) is 5.41. The molecule has 0 unspecified atom stereocenters. The summed E-state index contributed by atoms with van der Waals surface area (Å²) >= 11 is 1.24. The van der Waals surface area contributed by atoms with Gasteiger partial charge < -0.3 is 15.4 Å². The van der Waals surface area contributed by atoms with Gasteiger partial charge in [0, 0.05) is 11.1 Å². The van der Waals surface area contributed by atoms with E-state index in [4.69, 9.17) is 5.11 Å². The summed E-state index contributed by atoms with van der Waals surface area (Å²) in [6, 6.07) is 0. The number of anilines is 1. The van der Waals surface area contributed by atoms with Crippen LogP contribution in [-0.4, -0.2) is 28.9 Å². The van der Waals surface area contributed by atoms with E-state index < -0.39 is 5.97 Å². The van der Waals surface area contributed by atoms with Gasteiger partial charge in [-0.3, -0.25) is 5.43 Å². The fourth-order valence-electron chi connectivity index (χ4n) is 0.887. The van der Waals surface area contributed by atoms with E-state index in [2.05, 4.69) is 32.4 Å². The maximum atomic E-state index is 10.9. The van der Waals surface area contributed by atoms with Crippen LogP contribution >= 0.6 is 11.3 Å². The van der Waals surface area contributed by atoms with Crippen LogP contribution in [0.4, 0.5) is 5.13 Å². The molecule has 0 aliphatic carbocycles. The number of thiazole rings is 1. The summed E-state index contributed by atoms with van der Waals surface area (Å²) in [4.78, 5) is 19.4. The molecule has 8 heteroatoms. The van der Waals surface area contributed by atoms with Crippen molar-refractivity contribution in [1.82, 2.24) is 10.4 Å². The zero-order valence-corrected chi connectivity index (χ0v) is 10.2. The van der Waals surface area contributed by atoms with Crippen LogP contribution in [-0.2, 0) is 9.63 Å². The van der Waals surface area contributed by atoms with E-state index in [1.54, 1.807) is 12.3 Å². The first-order chi connectivity index (χ1) is 8.04. The van der Waals surface area contributed by atoms with Crippen molar-refractivity contribution in [2.45, 2.75) is 6.92 Å². The predicted molar refractivity (Wildman–Crippen MR) is 64.9 cm³/mol. The van der Waals surface area contributed by atoms with Crippen molar-refractivity contribution < 1.29 is 14.7 Å². The van der Waals surface area contributed by atoms with Crippen LogP contribution < -0.4 is 10.9 Å². The number of aliphatic carboxylic acids is 1. The normalized spacial score (nSPS) is 10.8. The minimum atomic E-state index is -1.20. The number of hydrazine groups is 1. The second-order valence-electron chi connectivity index (χ2n) is 3.00. The van der Waals surface area contributed by atoms with E-state index in [0.29, 0.717) is 10.8 Å². The molecule has 0 aromatic carbocycles. The van der Waals surface area contributed by atoms with Gasteiger partial charge in [-0.25, -0.2) is 9.78 Å². The molecule has 1 heterocycles. The second-order valence-corrected chi connectivity index (χ2v) is 3.85. The van der Waals surface area contributed by atoms with Crippen LogP contribution in [0.5, 0.6) is 0 Å². The summed E-state index contributed by atoms with van der Waals surface area (Å²) in [6.07, 6.45) is 0. The fraction of sp³-hybridized carbons (Fsp3) is 0.222. The van der Waals surface area contributed by atoms with Crippen LogP contribution in [0.25, 0.3) is 0 Å². The molecule has 3 N–H and O–H groups in total. The molecule has 0 aliphatic heterocycles. The molecule has 0 saturated carbocycles. The van der Waals surface area contributed by atoms with E-state index in [0.717, 1.165) is 0 Å². The maximum Gasteiger partial charge on any atom is 0.360 e. The Morgan fingerprint density at radius 2 is 2.41 bits per heavy atom. The predicted octanol–water partition coefficient (Wildman–Crippen LogP) is 1.03. The van der Waals surface area contributed by atoms with E-state index in [1.165, 1.54) is 18.4 Å². The number of carboxylic acids is 1. The summed E-state index contributed by atoms with van der Waals surface area (Å²) in [5.41, 5.74) is 6.23. The summed E-state index contributed by atoms with van der Waals surface area (Å²) in [5, 5.41) is 14.4. The Kier molecular flexibility index (Phi) is 4.46. The SMILES string of the molecule is C=C(C)NNc1nc(/C(=N\OC)C(=O)O)cs1. The van der Waals surface area contributed by atoms with Gasteiger partial charge >= 0.3 is 5.97 Å². The Bertz CT molecular complexity index is 455. The highest BCUT2D eigenvalue weighted by molar-refractivity contribution is 7.14. The molecule has 0 amide bonds. The van der Waals surface area contributed by atoms with Crippen molar-refractivity contribution in [2.24, 2.45) is 5.16 Å². The van der Waals surface area contributed by atoms with E-state index in [1.807, 2.05) is 0 Å². The van der Waals surface area contributed by atoms with Gasteiger partial charge in [0.25, 0.3) is 0 Å². The van der Waals surface area contributed by atoms with E-state index in [9.17, 15) is 4.79 Å². The first kappa shape index (κ1) is 13.0.